The van der Waals surface area contributed by atoms with Crippen molar-refractivity contribution >= 4 is 0 Å². The smallest absolute Gasteiger partial charge is 0.123 e. The highest BCUT2D eigenvalue weighted by molar-refractivity contribution is 5.21. The third-order valence-electron chi connectivity index (χ3n) is 2.76. The topological polar surface area (TPSA) is 12.0 Å². The Morgan fingerprint density at radius 3 is 2.56 bits per heavy atom. The molecule has 0 amide bonds. The van der Waals surface area contributed by atoms with Gasteiger partial charge in [0.25, 0.3) is 0 Å². The summed E-state index contributed by atoms with van der Waals surface area (Å²) in [7, 11) is 0. The molecule has 18 heavy (non-hydrogen) atoms. The van der Waals surface area contributed by atoms with Crippen LogP contribution in [0.1, 0.15) is 32.8 Å². The van der Waals surface area contributed by atoms with Crippen LogP contribution in [0.2, 0.25) is 0 Å². The van der Waals surface area contributed by atoms with Crippen molar-refractivity contribution in [2.75, 3.05) is 13.1 Å². The summed E-state index contributed by atoms with van der Waals surface area (Å²) in [6.07, 6.45) is 4.22. The van der Waals surface area contributed by atoms with Crippen LogP contribution in [0.25, 0.3) is 0 Å². The van der Waals surface area contributed by atoms with Crippen molar-refractivity contribution < 1.29 is 4.39 Å². The zero-order valence-electron chi connectivity index (χ0n) is 11.7. The van der Waals surface area contributed by atoms with Crippen LogP contribution in [0, 0.1) is 11.7 Å². The van der Waals surface area contributed by atoms with Crippen molar-refractivity contribution in [3.63, 3.8) is 0 Å². The molecule has 0 spiro atoms. The molecule has 0 aliphatic carbocycles. The monoisotopic (exact) mass is 249 g/mol. The Bertz CT molecular complexity index is 365. The van der Waals surface area contributed by atoms with Crippen LogP contribution in [0.4, 0.5) is 4.39 Å². The van der Waals surface area contributed by atoms with Crippen LogP contribution in [0.5, 0.6) is 0 Å². The highest BCUT2D eigenvalue weighted by Gasteiger charge is 1.96. The fourth-order valence-corrected chi connectivity index (χ4v) is 1.81. The Kier molecular flexibility index (Phi) is 6.66. The van der Waals surface area contributed by atoms with E-state index >= 15 is 0 Å². The lowest BCUT2D eigenvalue weighted by Gasteiger charge is -2.06. The summed E-state index contributed by atoms with van der Waals surface area (Å²) in [4.78, 5) is 0. The molecule has 0 aliphatic heterocycles. The third kappa shape index (κ3) is 6.55. The van der Waals surface area contributed by atoms with Gasteiger partial charge in [0.15, 0.2) is 0 Å². The second-order valence-corrected chi connectivity index (χ2v) is 5.24. The molecule has 2 heteroatoms. The number of halogens is 1. The molecule has 0 heterocycles. The van der Waals surface area contributed by atoms with E-state index in [4.69, 9.17) is 0 Å². The molecule has 0 bridgehead atoms. The third-order valence-corrected chi connectivity index (χ3v) is 2.76. The first kappa shape index (κ1) is 14.9. The average molecular weight is 249 g/mol. The van der Waals surface area contributed by atoms with Crippen molar-refractivity contribution in [3.05, 3.63) is 47.3 Å². The van der Waals surface area contributed by atoms with Crippen molar-refractivity contribution in [1.29, 1.82) is 0 Å². The van der Waals surface area contributed by atoms with Crippen LogP contribution in [-0.4, -0.2) is 13.1 Å². The average Bonchev–Trinajstić information content (AvgIpc) is 2.31. The highest BCUT2D eigenvalue weighted by atomic mass is 19.1. The fraction of sp³-hybridized carbons (Fsp3) is 0.500. The summed E-state index contributed by atoms with van der Waals surface area (Å²) < 4.78 is 12.8. The number of benzene rings is 1. The maximum atomic E-state index is 12.8. The van der Waals surface area contributed by atoms with Crippen molar-refractivity contribution in [2.24, 2.45) is 5.92 Å². The summed E-state index contributed by atoms with van der Waals surface area (Å²) in [5, 5.41) is 3.42. The zero-order valence-corrected chi connectivity index (χ0v) is 11.7. The molecule has 0 unspecified atom stereocenters. The van der Waals surface area contributed by atoms with Gasteiger partial charge in [0.2, 0.25) is 0 Å². The van der Waals surface area contributed by atoms with Crippen LogP contribution in [-0.2, 0) is 6.42 Å². The Balaban J connectivity index is 2.27. The minimum atomic E-state index is -0.168. The summed E-state index contributed by atoms with van der Waals surface area (Å²) in [6, 6.07) is 6.74. The van der Waals surface area contributed by atoms with Crippen molar-refractivity contribution in [3.8, 4) is 0 Å². The van der Waals surface area contributed by atoms with E-state index in [0.29, 0.717) is 5.92 Å². The Morgan fingerprint density at radius 2 is 1.94 bits per heavy atom. The Hall–Kier alpha value is -1.15. The minimum absolute atomic E-state index is 0.168. The lowest BCUT2D eigenvalue weighted by atomic mass is 10.1. The number of hydrogen-bond acceptors (Lipinski definition) is 1. The lowest BCUT2D eigenvalue weighted by molar-refractivity contribution is 0.556. The van der Waals surface area contributed by atoms with Gasteiger partial charge in [0.05, 0.1) is 0 Å². The highest BCUT2D eigenvalue weighted by Crippen LogP contribution is 2.09. The lowest BCUT2D eigenvalue weighted by Crippen LogP contribution is -2.20. The minimum Gasteiger partial charge on any atom is -0.316 e. The van der Waals surface area contributed by atoms with Gasteiger partial charge in [-0.3, -0.25) is 0 Å². The molecule has 0 saturated carbocycles. The Morgan fingerprint density at radius 1 is 1.28 bits per heavy atom. The summed E-state index contributed by atoms with van der Waals surface area (Å²) in [6.45, 7) is 8.65. The van der Waals surface area contributed by atoms with E-state index in [9.17, 15) is 4.39 Å². The molecule has 0 radical (unpaired) electrons. The number of nitrogens with one attached hydrogen (secondary N) is 1. The van der Waals surface area contributed by atoms with Gasteiger partial charge in [-0.25, -0.2) is 4.39 Å². The van der Waals surface area contributed by atoms with Crippen LogP contribution in [0.15, 0.2) is 35.9 Å². The standard InChI is InChI=1S/C16H24FN/c1-13(2)12-18-10-4-5-14(3)11-15-6-8-16(17)9-7-15/h5-9,13,18H,4,10-12H2,1-3H3. The number of rotatable bonds is 7. The molecule has 1 rings (SSSR count). The van der Waals surface area contributed by atoms with Crippen LogP contribution < -0.4 is 5.32 Å². The molecule has 1 N–H and O–H groups in total. The molecule has 1 aromatic carbocycles. The molecule has 0 saturated heterocycles. The van der Waals surface area contributed by atoms with E-state index in [-0.39, 0.29) is 5.82 Å². The molecule has 1 nitrogen and oxygen atoms in total. The first-order valence-electron chi connectivity index (χ1n) is 6.68. The van der Waals surface area contributed by atoms with E-state index < -0.39 is 0 Å². The molecule has 1 aromatic rings. The second-order valence-electron chi connectivity index (χ2n) is 5.24. The van der Waals surface area contributed by atoms with Gasteiger partial charge in [-0.1, -0.05) is 37.6 Å². The quantitative estimate of drug-likeness (QED) is 0.570. The molecule has 0 aliphatic rings. The molecular weight excluding hydrogens is 225 g/mol. The van der Waals surface area contributed by atoms with Gasteiger partial charge >= 0.3 is 0 Å². The van der Waals surface area contributed by atoms with Gasteiger partial charge in [-0.2, -0.15) is 0 Å². The Labute approximate surface area is 110 Å². The normalized spacial score (nSPS) is 12.2. The van der Waals surface area contributed by atoms with Crippen LogP contribution in [0.3, 0.4) is 0 Å². The van der Waals surface area contributed by atoms with Crippen molar-refractivity contribution in [2.45, 2.75) is 33.6 Å². The predicted molar refractivity (Wildman–Crippen MR) is 76.2 cm³/mol. The van der Waals surface area contributed by atoms with Gasteiger partial charge < -0.3 is 5.32 Å². The van der Waals surface area contributed by atoms with E-state index in [2.05, 4.69) is 32.2 Å². The van der Waals surface area contributed by atoms with Gasteiger partial charge in [0, 0.05) is 0 Å². The van der Waals surface area contributed by atoms with Gasteiger partial charge in [-0.15, -0.1) is 0 Å². The predicted octanol–water partition coefficient (Wildman–Crippen LogP) is 3.95. The fourth-order valence-electron chi connectivity index (χ4n) is 1.81. The molecule has 0 atom stereocenters. The second kappa shape index (κ2) is 8.04. The molecule has 100 valence electrons. The van der Waals surface area contributed by atoms with Crippen LogP contribution >= 0.6 is 0 Å². The zero-order chi connectivity index (χ0) is 13.4. The largest absolute Gasteiger partial charge is 0.316 e. The van der Waals surface area contributed by atoms with E-state index in [1.807, 2.05) is 12.1 Å². The molecular formula is C16H24FN. The summed E-state index contributed by atoms with van der Waals surface area (Å²) in [5.41, 5.74) is 2.51. The first-order chi connectivity index (χ1) is 8.58. The maximum Gasteiger partial charge on any atom is 0.123 e. The van der Waals surface area contributed by atoms with E-state index in [0.717, 1.165) is 25.9 Å². The first-order valence-corrected chi connectivity index (χ1v) is 6.68. The molecule has 0 aromatic heterocycles. The SMILES string of the molecule is CC(=CCCNCC(C)C)Cc1ccc(F)cc1. The molecule has 0 fully saturated rings. The maximum absolute atomic E-state index is 12.8. The van der Waals surface area contributed by atoms with Gasteiger partial charge in [-0.05, 0) is 56.5 Å². The van der Waals surface area contributed by atoms with Gasteiger partial charge in [0.1, 0.15) is 5.82 Å². The van der Waals surface area contributed by atoms with Crippen molar-refractivity contribution in [1.82, 2.24) is 5.32 Å². The van der Waals surface area contributed by atoms with E-state index in [1.165, 1.54) is 23.3 Å². The van der Waals surface area contributed by atoms with E-state index in [1.54, 1.807) is 0 Å². The number of hydrogen-bond donors (Lipinski definition) is 1. The summed E-state index contributed by atoms with van der Waals surface area (Å²) in [5.74, 6) is 0.535. The summed E-state index contributed by atoms with van der Waals surface area (Å²) >= 11 is 0. The number of allylic oxidation sites excluding steroid dienone is 1.